The second-order valence-electron chi connectivity index (χ2n) is 8.75. The second kappa shape index (κ2) is 7.26. The summed E-state index contributed by atoms with van der Waals surface area (Å²) in [4.78, 5) is 20.2. The minimum Gasteiger partial charge on any atom is -0.302 e. The van der Waals surface area contributed by atoms with Gasteiger partial charge < -0.3 is 4.90 Å². The van der Waals surface area contributed by atoms with Crippen molar-refractivity contribution >= 4 is 17.2 Å². The van der Waals surface area contributed by atoms with Crippen LogP contribution < -0.4 is 5.56 Å². The Bertz CT molecular complexity index is 1140. The fraction of sp³-hybridized carbons (Fsp3) is 0.417. The number of pyridine rings is 1. The van der Waals surface area contributed by atoms with E-state index in [4.69, 9.17) is 11.6 Å². The Balaban J connectivity index is 1.29. The molecule has 2 aromatic heterocycles. The van der Waals surface area contributed by atoms with Crippen molar-refractivity contribution in [3.05, 3.63) is 80.4 Å². The first kappa shape index (κ1) is 18.8. The van der Waals surface area contributed by atoms with E-state index >= 15 is 0 Å². The average molecular weight is 408 g/mol. The van der Waals surface area contributed by atoms with Gasteiger partial charge in [0.05, 0.1) is 0 Å². The molecule has 1 saturated carbocycles. The molecular formula is C24H26ClN3O. The number of hydrogen-bond acceptors (Lipinski definition) is 3. The van der Waals surface area contributed by atoms with E-state index in [1.54, 1.807) is 4.40 Å². The Morgan fingerprint density at radius 2 is 2.03 bits per heavy atom. The first-order valence-corrected chi connectivity index (χ1v) is 10.8. The predicted octanol–water partition coefficient (Wildman–Crippen LogP) is 4.24. The van der Waals surface area contributed by atoms with Gasteiger partial charge >= 0.3 is 0 Å². The van der Waals surface area contributed by atoms with E-state index in [1.807, 2.05) is 38.2 Å². The molecule has 150 valence electrons. The molecule has 0 radical (unpaired) electrons. The molecular weight excluding hydrogens is 382 g/mol. The van der Waals surface area contributed by atoms with Crippen molar-refractivity contribution in [1.82, 2.24) is 14.3 Å². The monoisotopic (exact) mass is 407 g/mol. The van der Waals surface area contributed by atoms with E-state index in [-0.39, 0.29) is 5.56 Å². The molecule has 1 aliphatic carbocycles. The highest BCUT2D eigenvalue weighted by atomic mass is 35.5. The lowest BCUT2D eigenvalue weighted by atomic mass is 9.64. The van der Waals surface area contributed by atoms with E-state index in [2.05, 4.69) is 28.1 Å². The number of nitrogens with zero attached hydrogens (tertiary/aromatic N) is 3. The van der Waals surface area contributed by atoms with E-state index in [9.17, 15) is 4.79 Å². The minimum absolute atomic E-state index is 0.0789. The Morgan fingerprint density at radius 3 is 2.86 bits per heavy atom. The van der Waals surface area contributed by atoms with E-state index in [0.717, 1.165) is 59.5 Å². The Labute approximate surface area is 176 Å². The average Bonchev–Trinajstić information content (AvgIpc) is 2.99. The van der Waals surface area contributed by atoms with Gasteiger partial charge in [0.15, 0.2) is 0 Å². The number of hydrogen-bond donors (Lipinski definition) is 0. The summed E-state index contributed by atoms with van der Waals surface area (Å²) in [7, 11) is 0. The zero-order valence-corrected chi connectivity index (χ0v) is 17.7. The van der Waals surface area contributed by atoms with Gasteiger partial charge in [0.25, 0.3) is 5.56 Å². The van der Waals surface area contributed by atoms with Crippen LogP contribution in [0, 0.1) is 25.7 Å². The molecule has 0 bridgehead atoms. The number of likely N-dealkylation sites (tertiary alicyclic amines) is 1. The summed E-state index contributed by atoms with van der Waals surface area (Å²) in [5.74, 6) is 2.12. The van der Waals surface area contributed by atoms with Crippen LogP contribution in [0.5, 0.6) is 0 Å². The zero-order chi connectivity index (χ0) is 20.1. The van der Waals surface area contributed by atoms with Crippen LogP contribution in [0.15, 0.2) is 47.4 Å². The first-order chi connectivity index (χ1) is 14.0. The van der Waals surface area contributed by atoms with Crippen molar-refractivity contribution in [2.75, 3.05) is 19.6 Å². The Kier molecular flexibility index (Phi) is 4.72. The van der Waals surface area contributed by atoms with Gasteiger partial charge in [-0.25, -0.2) is 4.98 Å². The summed E-state index contributed by atoms with van der Waals surface area (Å²) < 4.78 is 1.69. The lowest BCUT2D eigenvalue weighted by molar-refractivity contribution is 0.191. The lowest BCUT2D eigenvalue weighted by Crippen LogP contribution is -2.33. The van der Waals surface area contributed by atoms with Crippen LogP contribution in [0.3, 0.4) is 0 Å². The van der Waals surface area contributed by atoms with Gasteiger partial charge in [-0.15, -0.1) is 0 Å². The topological polar surface area (TPSA) is 37.6 Å². The Hall–Kier alpha value is -2.17. The van der Waals surface area contributed by atoms with Gasteiger partial charge in [0.2, 0.25) is 0 Å². The van der Waals surface area contributed by atoms with Crippen LogP contribution in [0.1, 0.15) is 34.7 Å². The van der Waals surface area contributed by atoms with Gasteiger partial charge in [-0.3, -0.25) is 9.20 Å². The number of halogens is 1. The van der Waals surface area contributed by atoms with Gasteiger partial charge in [-0.2, -0.15) is 0 Å². The third-order valence-corrected chi connectivity index (χ3v) is 7.10. The molecule has 4 nitrogen and oxygen atoms in total. The molecule has 2 fully saturated rings. The fourth-order valence-corrected chi connectivity index (χ4v) is 5.45. The van der Waals surface area contributed by atoms with Crippen molar-refractivity contribution in [3.8, 4) is 0 Å². The zero-order valence-electron chi connectivity index (χ0n) is 16.9. The van der Waals surface area contributed by atoms with Crippen LogP contribution in [0.2, 0.25) is 5.02 Å². The smallest absolute Gasteiger partial charge is 0.261 e. The van der Waals surface area contributed by atoms with Crippen LogP contribution >= 0.6 is 11.6 Å². The van der Waals surface area contributed by atoms with Gasteiger partial charge in [-0.05, 0) is 73.8 Å². The molecule has 29 heavy (non-hydrogen) atoms. The van der Waals surface area contributed by atoms with Crippen LogP contribution in [-0.4, -0.2) is 33.9 Å². The number of aryl methyl sites for hydroxylation is 2. The summed E-state index contributed by atoms with van der Waals surface area (Å²) in [6.07, 6.45) is 3.90. The molecule has 1 saturated heterocycles. The molecule has 3 heterocycles. The SMILES string of the molecule is Cc1ccc2nc(C)c(CCN3CC4CC(c5cccc(Cl)c5)C4C3)c(=O)n2c1. The maximum absolute atomic E-state index is 13.0. The molecule has 0 N–H and O–H groups in total. The maximum atomic E-state index is 13.0. The van der Waals surface area contributed by atoms with Gasteiger partial charge in [0.1, 0.15) is 5.65 Å². The summed E-state index contributed by atoms with van der Waals surface area (Å²) >= 11 is 6.19. The molecule has 0 amide bonds. The highest BCUT2D eigenvalue weighted by molar-refractivity contribution is 6.30. The van der Waals surface area contributed by atoms with Crippen LogP contribution in [0.4, 0.5) is 0 Å². The molecule has 2 aliphatic rings. The highest BCUT2D eigenvalue weighted by Gasteiger charge is 2.47. The largest absolute Gasteiger partial charge is 0.302 e. The number of benzene rings is 1. The molecule has 3 atom stereocenters. The van der Waals surface area contributed by atoms with E-state index < -0.39 is 0 Å². The van der Waals surface area contributed by atoms with Crippen molar-refractivity contribution in [3.63, 3.8) is 0 Å². The normalized spacial score (nSPS) is 23.9. The van der Waals surface area contributed by atoms with Crippen LogP contribution in [0.25, 0.3) is 5.65 Å². The Morgan fingerprint density at radius 1 is 1.17 bits per heavy atom. The highest BCUT2D eigenvalue weighted by Crippen LogP contribution is 2.51. The van der Waals surface area contributed by atoms with E-state index in [0.29, 0.717) is 11.8 Å². The van der Waals surface area contributed by atoms with Gasteiger partial charge in [-0.1, -0.05) is 29.8 Å². The van der Waals surface area contributed by atoms with Crippen molar-refractivity contribution < 1.29 is 0 Å². The molecule has 5 rings (SSSR count). The second-order valence-corrected chi connectivity index (χ2v) is 9.18. The molecule has 3 aromatic rings. The van der Waals surface area contributed by atoms with Gasteiger partial charge in [0, 0.05) is 42.1 Å². The standard InChI is InChI=1S/C24H26ClN3O/c1-15-6-7-23-26-16(2)20(24(29)28(23)12-15)8-9-27-13-18-11-21(22(18)14-27)17-4-3-5-19(25)10-17/h3-7,10,12,18,21-22H,8-9,11,13-14H2,1-2H3. The number of fused-ring (bicyclic) bond motifs is 2. The lowest BCUT2D eigenvalue weighted by Gasteiger charge is -2.40. The number of rotatable bonds is 4. The fourth-order valence-electron chi connectivity index (χ4n) is 5.25. The van der Waals surface area contributed by atoms with Crippen molar-refractivity contribution in [2.24, 2.45) is 11.8 Å². The third-order valence-electron chi connectivity index (χ3n) is 6.87. The predicted molar refractivity (Wildman–Crippen MR) is 117 cm³/mol. The number of aromatic nitrogens is 2. The van der Waals surface area contributed by atoms with E-state index in [1.165, 1.54) is 12.0 Å². The minimum atomic E-state index is 0.0789. The first-order valence-electron chi connectivity index (χ1n) is 10.5. The molecule has 1 aliphatic heterocycles. The van der Waals surface area contributed by atoms with Crippen molar-refractivity contribution in [2.45, 2.75) is 32.6 Å². The maximum Gasteiger partial charge on any atom is 0.261 e. The van der Waals surface area contributed by atoms with Crippen LogP contribution in [-0.2, 0) is 6.42 Å². The summed E-state index contributed by atoms with van der Waals surface area (Å²) in [5.41, 5.74) is 4.96. The quantitative estimate of drug-likeness (QED) is 0.649. The molecule has 0 spiro atoms. The third kappa shape index (κ3) is 3.38. The summed E-state index contributed by atoms with van der Waals surface area (Å²) in [6, 6.07) is 12.3. The summed E-state index contributed by atoms with van der Waals surface area (Å²) in [5, 5.41) is 0.829. The summed E-state index contributed by atoms with van der Waals surface area (Å²) in [6.45, 7) is 7.14. The molecule has 3 unspecified atom stereocenters. The molecule has 1 aromatic carbocycles. The molecule has 5 heteroatoms. The van der Waals surface area contributed by atoms with Crippen molar-refractivity contribution in [1.29, 1.82) is 0 Å².